The summed E-state index contributed by atoms with van der Waals surface area (Å²) >= 11 is 0. The molecule has 0 aromatic carbocycles. The molecule has 0 amide bonds. The Morgan fingerprint density at radius 1 is 1.08 bits per heavy atom. The van der Waals surface area contributed by atoms with Crippen molar-refractivity contribution in [2.24, 2.45) is 52.3 Å². The fourth-order valence-electron chi connectivity index (χ4n) is 7.97. The van der Waals surface area contributed by atoms with E-state index in [9.17, 15) is 4.79 Å². The molecule has 0 unspecified atom stereocenters. The van der Waals surface area contributed by atoms with Gasteiger partial charge in [-0.25, -0.2) is 11.4 Å². The second-order valence-electron chi connectivity index (χ2n) is 10.2. The lowest BCUT2D eigenvalue weighted by atomic mass is 9.40. The van der Waals surface area contributed by atoms with Crippen LogP contribution in [0.4, 0.5) is 0 Å². The molecule has 4 aliphatic carbocycles. The topological polar surface area (TPSA) is 33.8 Å². The zero-order valence-corrected chi connectivity index (χ0v) is 16.2. The van der Waals surface area contributed by atoms with E-state index in [0.29, 0.717) is 29.6 Å². The van der Waals surface area contributed by atoms with Crippen LogP contribution in [0, 0.1) is 53.9 Å². The Balaban J connectivity index is 1.79. The van der Waals surface area contributed by atoms with Crippen molar-refractivity contribution in [3.05, 3.63) is 11.4 Å². The van der Waals surface area contributed by atoms with Crippen molar-refractivity contribution in [1.29, 1.82) is 0 Å². The van der Waals surface area contributed by atoms with Crippen molar-refractivity contribution in [3.63, 3.8) is 0 Å². The zero-order chi connectivity index (χ0) is 18.0. The number of nitrogens with zero attached hydrogens (tertiary/aromatic N) is 2. The summed E-state index contributed by atoms with van der Waals surface area (Å²) in [6, 6.07) is 0. The number of rotatable bonds is 1. The first-order chi connectivity index (χ1) is 11.9. The fraction of sp³-hybridized carbons (Fsp3) is 0.909. The summed E-state index contributed by atoms with van der Waals surface area (Å²) in [5.41, 5.74) is -0.411. The minimum atomic E-state index is -0.215. The van der Waals surface area contributed by atoms with Gasteiger partial charge >= 0.3 is 0 Å². The van der Waals surface area contributed by atoms with E-state index < -0.39 is 0 Å². The predicted octanol–water partition coefficient (Wildman–Crippen LogP) is 5.12. The monoisotopic (exact) mass is 340 g/mol. The van der Waals surface area contributed by atoms with Crippen molar-refractivity contribution in [2.75, 3.05) is 0 Å². The molecular formula is C22H32N2O. The van der Waals surface area contributed by atoms with Crippen LogP contribution in [-0.4, -0.2) is 17.2 Å². The molecular weight excluding hydrogens is 308 g/mol. The molecule has 0 aliphatic heterocycles. The lowest BCUT2D eigenvalue weighted by Gasteiger charge is -2.64. The van der Waals surface area contributed by atoms with Crippen LogP contribution in [-0.2, 0) is 4.79 Å². The molecule has 4 saturated carbocycles. The van der Waals surface area contributed by atoms with E-state index in [-0.39, 0.29) is 11.1 Å². The van der Waals surface area contributed by atoms with Crippen LogP contribution >= 0.6 is 0 Å². The summed E-state index contributed by atoms with van der Waals surface area (Å²) < 4.78 is 0. The second kappa shape index (κ2) is 5.68. The quantitative estimate of drug-likeness (QED) is 0.370. The molecule has 25 heavy (non-hydrogen) atoms. The normalized spacial score (nSPS) is 56.9. The highest BCUT2D eigenvalue weighted by Gasteiger charge is 2.65. The van der Waals surface area contributed by atoms with Crippen LogP contribution in [0.5, 0.6) is 0 Å². The van der Waals surface area contributed by atoms with Gasteiger partial charge in [0, 0.05) is 18.8 Å². The number of carbonyl (C=O) groups excluding carboxylic acids is 1. The Hall–Kier alpha value is -1.13. The van der Waals surface area contributed by atoms with Crippen molar-refractivity contribution < 1.29 is 4.79 Å². The Labute approximate surface area is 152 Å². The Bertz CT molecular complexity index is 647. The smallest absolute Gasteiger partial charge is 0.235 e. The first kappa shape index (κ1) is 17.3. The largest absolute Gasteiger partial charge is 0.310 e. The van der Waals surface area contributed by atoms with Crippen LogP contribution in [0.15, 0.2) is 4.99 Å². The highest BCUT2D eigenvalue weighted by atomic mass is 16.1. The molecule has 10 atom stereocenters. The molecule has 0 spiro atoms. The van der Waals surface area contributed by atoms with Crippen LogP contribution < -0.4 is 0 Å². The van der Waals surface area contributed by atoms with Crippen molar-refractivity contribution in [2.45, 2.75) is 77.3 Å². The molecule has 4 aliphatic rings. The van der Waals surface area contributed by atoms with Gasteiger partial charge in [0.25, 0.3) is 0 Å². The Kier molecular flexibility index (Phi) is 3.93. The summed E-state index contributed by atoms with van der Waals surface area (Å²) in [7, 11) is 0. The third-order valence-electron chi connectivity index (χ3n) is 9.34. The van der Waals surface area contributed by atoms with Gasteiger partial charge in [-0.2, -0.15) is 4.99 Å². The average molecular weight is 341 g/mol. The van der Waals surface area contributed by atoms with Crippen LogP contribution in [0.3, 0.4) is 0 Å². The molecule has 0 N–H and O–H groups in total. The first-order valence-electron chi connectivity index (χ1n) is 10.3. The molecule has 3 heteroatoms. The van der Waals surface area contributed by atoms with Gasteiger partial charge in [0.2, 0.25) is 11.6 Å². The van der Waals surface area contributed by atoms with Gasteiger partial charge in [-0.15, -0.1) is 0 Å². The summed E-state index contributed by atoms with van der Waals surface area (Å²) in [5, 5.41) is 0. The number of hydrogen-bond acceptors (Lipinski definition) is 2. The summed E-state index contributed by atoms with van der Waals surface area (Å²) in [6.07, 6.45) is 8.99. The van der Waals surface area contributed by atoms with E-state index in [1.807, 2.05) is 6.08 Å². The third kappa shape index (κ3) is 2.23. The highest BCUT2D eigenvalue weighted by Crippen LogP contribution is 2.66. The second-order valence-corrected chi connectivity index (χ2v) is 10.2. The molecule has 4 rings (SSSR count). The van der Waals surface area contributed by atoms with E-state index in [2.05, 4.69) is 37.5 Å². The molecule has 3 nitrogen and oxygen atoms in total. The van der Waals surface area contributed by atoms with Crippen molar-refractivity contribution in [1.82, 2.24) is 0 Å². The molecule has 0 saturated heterocycles. The van der Waals surface area contributed by atoms with Crippen LogP contribution in [0.2, 0.25) is 0 Å². The lowest BCUT2D eigenvalue weighted by Crippen LogP contribution is -2.63. The van der Waals surface area contributed by atoms with Gasteiger partial charge in [-0.3, -0.25) is 0 Å². The fourth-order valence-corrected chi connectivity index (χ4v) is 7.97. The van der Waals surface area contributed by atoms with E-state index in [1.165, 1.54) is 19.3 Å². The number of hydrogen-bond donors (Lipinski definition) is 0. The maximum Gasteiger partial charge on any atom is 0.235 e. The van der Waals surface area contributed by atoms with E-state index in [4.69, 9.17) is 6.57 Å². The van der Waals surface area contributed by atoms with Gasteiger partial charge < -0.3 is 4.85 Å². The van der Waals surface area contributed by atoms with Gasteiger partial charge in [0.1, 0.15) is 0 Å². The van der Waals surface area contributed by atoms with Gasteiger partial charge in [0.15, 0.2) is 0 Å². The molecule has 0 radical (unpaired) electrons. The SMILES string of the molecule is [C-]#[N+][C@]1(C)[C@H](C)C[C@@H]2C[C@H](C)[C@H]3CC[C@](C)(N=C=O)[C@H]4CC[C@H]1[C@@H]2[C@H]34. The summed E-state index contributed by atoms with van der Waals surface area (Å²) in [5.74, 6) is 5.22. The molecule has 136 valence electrons. The van der Waals surface area contributed by atoms with E-state index in [0.717, 1.165) is 37.0 Å². The third-order valence-corrected chi connectivity index (χ3v) is 9.34. The summed E-state index contributed by atoms with van der Waals surface area (Å²) in [6.45, 7) is 17.2. The van der Waals surface area contributed by atoms with Gasteiger partial charge in [-0.05, 0) is 81.0 Å². The molecule has 0 aromatic rings. The molecule has 0 aromatic heterocycles. The predicted molar refractivity (Wildman–Crippen MR) is 98.5 cm³/mol. The minimum absolute atomic E-state index is 0.195. The number of aliphatic imine (C=N–C) groups is 1. The van der Waals surface area contributed by atoms with Gasteiger partial charge in [0.05, 0.1) is 5.54 Å². The van der Waals surface area contributed by atoms with Crippen LogP contribution in [0.1, 0.15) is 66.2 Å². The first-order valence-corrected chi connectivity index (χ1v) is 10.3. The van der Waals surface area contributed by atoms with Crippen LogP contribution in [0.25, 0.3) is 4.85 Å². The van der Waals surface area contributed by atoms with Gasteiger partial charge in [-0.1, -0.05) is 13.8 Å². The zero-order valence-electron chi connectivity index (χ0n) is 16.2. The standard InChI is InChI=1S/C22H32N2O/c1-13-10-15-11-14(2)22(4,23-5)18-7-6-17-20(19(15)18)16(13)8-9-21(17,3)24-12-25/h13-20H,6-11H2,1-4H3/t13-,14+,15-,16+,17-,18-,19+,20+,21-,22+/m0/s1. The number of isocyanates is 1. The Morgan fingerprint density at radius 2 is 1.80 bits per heavy atom. The average Bonchev–Trinajstić information content (AvgIpc) is 2.58. The van der Waals surface area contributed by atoms with Crippen molar-refractivity contribution in [3.8, 4) is 0 Å². The highest BCUT2D eigenvalue weighted by molar-refractivity contribution is 5.35. The Morgan fingerprint density at radius 3 is 2.48 bits per heavy atom. The van der Waals surface area contributed by atoms with Crippen molar-refractivity contribution >= 4 is 6.08 Å². The van der Waals surface area contributed by atoms with E-state index in [1.54, 1.807) is 0 Å². The lowest BCUT2D eigenvalue weighted by molar-refractivity contribution is -0.143. The minimum Gasteiger partial charge on any atom is -0.310 e. The molecule has 4 fully saturated rings. The molecule has 0 heterocycles. The summed E-state index contributed by atoms with van der Waals surface area (Å²) in [4.78, 5) is 19.7. The molecule has 0 bridgehead atoms. The maximum atomic E-state index is 11.1. The van der Waals surface area contributed by atoms with E-state index >= 15 is 0 Å². The maximum absolute atomic E-state index is 11.1.